The van der Waals surface area contributed by atoms with E-state index in [1.165, 1.54) is 4.90 Å². The number of benzene rings is 2. The SMILES string of the molecule is O=C1C(=O)N(CCOc2ccc(Br)cc2)c2ccccc21. The van der Waals surface area contributed by atoms with Crippen molar-refractivity contribution in [2.24, 2.45) is 0 Å². The lowest BCUT2D eigenvalue weighted by molar-refractivity contribution is -0.114. The first-order valence-electron chi connectivity index (χ1n) is 6.50. The van der Waals surface area contributed by atoms with Crippen molar-refractivity contribution in [1.29, 1.82) is 0 Å². The van der Waals surface area contributed by atoms with Crippen LogP contribution in [0.2, 0.25) is 0 Å². The van der Waals surface area contributed by atoms with Crippen LogP contribution in [-0.4, -0.2) is 24.8 Å². The Morgan fingerprint density at radius 1 is 1.00 bits per heavy atom. The Bertz CT molecular complexity index is 697. The number of nitrogens with zero attached hydrogens (tertiary/aromatic N) is 1. The van der Waals surface area contributed by atoms with Crippen LogP contribution in [0.5, 0.6) is 5.75 Å². The third-order valence-corrected chi connectivity index (χ3v) is 3.80. The Morgan fingerprint density at radius 3 is 2.48 bits per heavy atom. The van der Waals surface area contributed by atoms with Gasteiger partial charge < -0.3 is 9.64 Å². The van der Waals surface area contributed by atoms with Gasteiger partial charge in [0.05, 0.1) is 17.8 Å². The number of ketones is 1. The van der Waals surface area contributed by atoms with E-state index in [0.717, 1.165) is 10.2 Å². The van der Waals surface area contributed by atoms with Crippen LogP contribution in [0.3, 0.4) is 0 Å². The van der Waals surface area contributed by atoms with E-state index in [9.17, 15) is 9.59 Å². The van der Waals surface area contributed by atoms with Gasteiger partial charge in [-0.2, -0.15) is 0 Å². The Balaban J connectivity index is 1.67. The second-order valence-corrected chi connectivity index (χ2v) is 5.52. The monoisotopic (exact) mass is 345 g/mol. The number of para-hydroxylation sites is 1. The minimum absolute atomic E-state index is 0.328. The summed E-state index contributed by atoms with van der Waals surface area (Å²) in [6, 6.07) is 14.5. The van der Waals surface area contributed by atoms with E-state index in [0.29, 0.717) is 24.4 Å². The second-order valence-electron chi connectivity index (χ2n) is 4.61. The summed E-state index contributed by atoms with van der Waals surface area (Å²) in [5.41, 5.74) is 1.12. The van der Waals surface area contributed by atoms with Crippen LogP contribution in [0.1, 0.15) is 10.4 Å². The van der Waals surface area contributed by atoms with Crippen molar-refractivity contribution in [3.63, 3.8) is 0 Å². The summed E-state index contributed by atoms with van der Waals surface area (Å²) in [7, 11) is 0. The maximum atomic E-state index is 12.0. The third-order valence-electron chi connectivity index (χ3n) is 3.28. The molecule has 106 valence electrons. The molecule has 1 amide bonds. The fourth-order valence-corrected chi connectivity index (χ4v) is 2.52. The van der Waals surface area contributed by atoms with Crippen LogP contribution < -0.4 is 9.64 Å². The summed E-state index contributed by atoms with van der Waals surface area (Å²) in [4.78, 5) is 25.3. The average Bonchev–Trinajstić information content (AvgIpc) is 2.75. The minimum atomic E-state index is -0.490. The Kier molecular flexibility index (Phi) is 3.75. The maximum Gasteiger partial charge on any atom is 0.299 e. The largest absolute Gasteiger partial charge is 0.492 e. The number of halogens is 1. The minimum Gasteiger partial charge on any atom is -0.492 e. The molecular formula is C16H12BrNO3. The molecular weight excluding hydrogens is 334 g/mol. The number of carbonyl (C=O) groups is 2. The molecule has 0 N–H and O–H groups in total. The van der Waals surface area contributed by atoms with Crippen LogP contribution in [0.4, 0.5) is 5.69 Å². The van der Waals surface area contributed by atoms with Crippen LogP contribution in [0.25, 0.3) is 0 Å². The zero-order valence-electron chi connectivity index (χ0n) is 11.1. The quantitative estimate of drug-likeness (QED) is 0.800. The van der Waals surface area contributed by atoms with E-state index in [1.54, 1.807) is 18.2 Å². The number of fused-ring (bicyclic) bond motifs is 1. The number of anilines is 1. The lowest BCUT2D eigenvalue weighted by Gasteiger charge is -2.16. The Morgan fingerprint density at radius 2 is 1.71 bits per heavy atom. The average molecular weight is 346 g/mol. The van der Waals surface area contributed by atoms with Crippen molar-refractivity contribution in [3.05, 3.63) is 58.6 Å². The molecule has 1 aliphatic rings. The Hall–Kier alpha value is -2.14. The molecule has 1 heterocycles. The second kappa shape index (κ2) is 5.69. The number of ether oxygens (including phenoxy) is 1. The van der Waals surface area contributed by atoms with E-state index < -0.39 is 11.7 Å². The smallest absolute Gasteiger partial charge is 0.299 e. The van der Waals surface area contributed by atoms with Gasteiger partial charge in [0, 0.05) is 4.47 Å². The van der Waals surface area contributed by atoms with E-state index in [-0.39, 0.29) is 0 Å². The molecule has 2 aromatic rings. The van der Waals surface area contributed by atoms with Crippen LogP contribution in [0, 0.1) is 0 Å². The predicted octanol–water partition coefficient (Wildman–Crippen LogP) is 3.06. The first-order valence-corrected chi connectivity index (χ1v) is 7.30. The number of carbonyl (C=O) groups excluding carboxylic acids is 2. The molecule has 0 atom stereocenters. The third kappa shape index (κ3) is 2.69. The number of hydrogen-bond acceptors (Lipinski definition) is 3. The topological polar surface area (TPSA) is 46.6 Å². The first kappa shape index (κ1) is 13.8. The van der Waals surface area contributed by atoms with Gasteiger partial charge in [-0.3, -0.25) is 9.59 Å². The zero-order chi connectivity index (χ0) is 14.8. The highest BCUT2D eigenvalue weighted by Gasteiger charge is 2.34. The number of rotatable bonds is 4. The van der Waals surface area contributed by atoms with E-state index >= 15 is 0 Å². The molecule has 5 heteroatoms. The van der Waals surface area contributed by atoms with Gasteiger partial charge >= 0.3 is 0 Å². The van der Waals surface area contributed by atoms with Crippen LogP contribution >= 0.6 is 15.9 Å². The molecule has 0 bridgehead atoms. The fraction of sp³-hybridized carbons (Fsp3) is 0.125. The predicted molar refractivity (Wildman–Crippen MR) is 82.8 cm³/mol. The molecule has 0 saturated heterocycles. The summed E-state index contributed by atoms with van der Waals surface area (Å²) in [6.07, 6.45) is 0. The summed E-state index contributed by atoms with van der Waals surface area (Å²) < 4.78 is 6.57. The Labute approximate surface area is 130 Å². The zero-order valence-corrected chi connectivity index (χ0v) is 12.7. The van der Waals surface area contributed by atoms with Gasteiger partial charge in [-0.15, -0.1) is 0 Å². The van der Waals surface area contributed by atoms with E-state index in [2.05, 4.69) is 15.9 Å². The standard InChI is InChI=1S/C16H12BrNO3/c17-11-5-7-12(8-6-11)21-10-9-18-14-4-2-1-3-13(14)15(19)16(18)20/h1-8H,9-10H2. The molecule has 21 heavy (non-hydrogen) atoms. The van der Waals surface area contributed by atoms with Crippen molar-refractivity contribution in [3.8, 4) is 5.75 Å². The van der Waals surface area contributed by atoms with Gasteiger partial charge in [0.15, 0.2) is 0 Å². The van der Waals surface area contributed by atoms with Gasteiger partial charge in [0.2, 0.25) is 0 Å². The normalized spacial score (nSPS) is 13.5. The summed E-state index contributed by atoms with van der Waals surface area (Å²) in [6.45, 7) is 0.673. The molecule has 0 fully saturated rings. The summed E-state index contributed by atoms with van der Waals surface area (Å²) in [5, 5.41) is 0. The molecule has 0 aliphatic carbocycles. The first-order chi connectivity index (χ1) is 10.2. The number of amides is 1. The summed E-state index contributed by atoms with van der Waals surface area (Å²) >= 11 is 3.35. The molecule has 4 nitrogen and oxygen atoms in total. The molecule has 0 unspecified atom stereocenters. The molecule has 1 aliphatic heterocycles. The van der Waals surface area contributed by atoms with Gasteiger partial charge in [0.1, 0.15) is 12.4 Å². The van der Waals surface area contributed by atoms with Crippen molar-refractivity contribution in [1.82, 2.24) is 0 Å². The van der Waals surface area contributed by atoms with Gasteiger partial charge in [-0.05, 0) is 36.4 Å². The molecule has 3 rings (SSSR count). The lowest BCUT2D eigenvalue weighted by atomic mass is 10.1. The van der Waals surface area contributed by atoms with Gasteiger partial charge in [-0.25, -0.2) is 0 Å². The van der Waals surface area contributed by atoms with Crippen molar-refractivity contribution < 1.29 is 14.3 Å². The fourth-order valence-electron chi connectivity index (χ4n) is 2.26. The highest BCUT2D eigenvalue weighted by molar-refractivity contribution is 9.10. The summed E-state index contributed by atoms with van der Waals surface area (Å²) in [5.74, 6) is -0.214. The van der Waals surface area contributed by atoms with Crippen LogP contribution in [-0.2, 0) is 4.79 Å². The molecule has 0 saturated carbocycles. The highest BCUT2D eigenvalue weighted by atomic mass is 79.9. The highest BCUT2D eigenvalue weighted by Crippen LogP contribution is 2.28. The van der Waals surface area contributed by atoms with E-state index in [1.807, 2.05) is 30.3 Å². The number of hydrogen-bond donors (Lipinski definition) is 0. The number of Topliss-reactive ketones (excluding diaryl/α,β-unsaturated/α-hetero) is 1. The molecule has 0 radical (unpaired) electrons. The van der Waals surface area contributed by atoms with Gasteiger partial charge in [0.25, 0.3) is 11.7 Å². The lowest BCUT2D eigenvalue weighted by Crippen LogP contribution is -2.33. The van der Waals surface area contributed by atoms with Crippen molar-refractivity contribution in [2.75, 3.05) is 18.1 Å². The molecule has 0 spiro atoms. The van der Waals surface area contributed by atoms with Crippen molar-refractivity contribution in [2.45, 2.75) is 0 Å². The molecule has 0 aromatic heterocycles. The van der Waals surface area contributed by atoms with Crippen molar-refractivity contribution >= 4 is 33.3 Å². The molecule has 2 aromatic carbocycles. The van der Waals surface area contributed by atoms with E-state index in [4.69, 9.17) is 4.74 Å². The van der Waals surface area contributed by atoms with Gasteiger partial charge in [-0.1, -0.05) is 28.1 Å². The van der Waals surface area contributed by atoms with Crippen LogP contribution in [0.15, 0.2) is 53.0 Å². The maximum absolute atomic E-state index is 12.0.